The highest BCUT2D eigenvalue weighted by Gasteiger charge is 2.15. The number of nitrogens with two attached hydrogens (primary N) is 1. The quantitative estimate of drug-likeness (QED) is 0.797. The molecule has 1 unspecified atom stereocenters. The van der Waals surface area contributed by atoms with Gasteiger partial charge in [0.2, 0.25) is 0 Å². The lowest BCUT2D eigenvalue weighted by atomic mass is 9.92. The summed E-state index contributed by atoms with van der Waals surface area (Å²) in [5, 5.41) is 0. The van der Waals surface area contributed by atoms with Gasteiger partial charge in [-0.25, -0.2) is 0 Å². The average molecular weight is 235 g/mol. The molecule has 1 aromatic carbocycles. The molecule has 0 aromatic heterocycles. The van der Waals surface area contributed by atoms with Gasteiger partial charge in [-0.05, 0) is 23.6 Å². The monoisotopic (exact) mass is 235 g/mol. The van der Waals surface area contributed by atoms with E-state index in [4.69, 9.17) is 5.73 Å². The van der Waals surface area contributed by atoms with Gasteiger partial charge >= 0.3 is 5.97 Å². The SMILES string of the molecule is COC(=O)CC(CN)c1cccc(C(C)C)c1. The fraction of sp³-hybridized carbons (Fsp3) is 0.500. The van der Waals surface area contributed by atoms with Crippen LogP contribution in [0.15, 0.2) is 24.3 Å². The molecule has 0 saturated carbocycles. The molecule has 0 saturated heterocycles. The first kappa shape index (κ1) is 13.7. The summed E-state index contributed by atoms with van der Waals surface area (Å²) in [4.78, 5) is 11.3. The molecule has 3 nitrogen and oxygen atoms in total. The summed E-state index contributed by atoms with van der Waals surface area (Å²) in [5.41, 5.74) is 8.11. The zero-order valence-electron chi connectivity index (χ0n) is 10.8. The van der Waals surface area contributed by atoms with Gasteiger partial charge in [-0.1, -0.05) is 38.1 Å². The van der Waals surface area contributed by atoms with Gasteiger partial charge in [0.15, 0.2) is 0 Å². The Labute approximate surface area is 103 Å². The second-order valence-corrected chi connectivity index (χ2v) is 4.54. The third kappa shape index (κ3) is 3.86. The Morgan fingerprint density at radius 2 is 2.00 bits per heavy atom. The van der Waals surface area contributed by atoms with Crippen LogP contribution in [0.3, 0.4) is 0 Å². The molecule has 0 bridgehead atoms. The molecule has 0 heterocycles. The van der Waals surface area contributed by atoms with Crippen molar-refractivity contribution in [3.05, 3.63) is 35.4 Å². The summed E-state index contributed by atoms with van der Waals surface area (Å²) in [5.74, 6) is 0.308. The van der Waals surface area contributed by atoms with Crippen molar-refractivity contribution in [3.8, 4) is 0 Å². The molecule has 0 aliphatic rings. The zero-order valence-corrected chi connectivity index (χ0v) is 10.8. The minimum absolute atomic E-state index is 0.0427. The molecule has 0 aliphatic carbocycles. The summed E-state index contributed by atoms with van der Waals surface area (Å²) < 4.78 is 4.69. The number of methoxy groups -OCH3 is 1. The van der Waals surface area contributed by atoms with Crippen LogP contribution in [-0.4, -0.2) is 19.6 Å². The van der Waals surface area contributed by atoms with Crippen LogP contribution in [0.2, 0.25) is 0 Å². The van der Waals surface area contributed by atoms with Crippen molar-refractivity contribution in [1.29, 1.82) is 0 Å². The van der Waals surface area contributed by atoms with Crippen LogP contribution in [0.25, 0.3) is 0 Å². The van der Waals surface area contributed by atoms with Crippen molar-refractivity contribution in [2.24, 2.45) is 5.73 Å². The van der Waals surface area contributed by atoms with Gasteiger partial charge in [-0.3, -0.25) is 4.79 Å². The van der Waals surface area contributed by atoms with E-state index in [0.29, 0.717) is 18.9 Å². The molecule has 3 heteroatoms. The molecule has 1 atom stereocenters. The second-order valence-electron chi connectivity index (χ2n) is 4.54. The molecule has 0 fully saturated rings. The van der Waals surface area contributed by atoms with E-state index in [0.717, 1.165) is 5.56 Å². The summed E-state index contributed by atoms with van der Waals surface area (Å²) in [6.07, 6.45) is 0.342. The maximum absolute atomic E-state index is 11.3. The van der Waals surface area contributed by atoms with Crippen LogP contribution >= 0.6 is 0 Å². The van der Waals surface area contributed by atoms with E-state index in [-0.39, 0.29) is 11.9 Å². The summed E-state index contributed by atoms with van der Waals surface area (Å²) in [7, 11) is 1.40. The van der Waals surface area contributed by atoms with Gasteiger partial charge in [0.25, 0.3) is 0 Å². The molecule has 0 amide bonds. The normalized spacial score (nSPS) is 12.5. The molecule has 0 radical (unpaired) electrons. The van der Waals surface area contributed by atoms with E-state index in [1.54, 1.807) is 0 Å². The van der Waals surface area contributed by atoms with Crippen molar-refractivity contribution in [2.45, 2.75) is 32.1 Å². The fourth-order valence-electron chi connectivity index (χ4n) is 1.79. The molecule has 17 heavy (non-hydrogen) atoms. The first-order valence-electron chi connectivity index (χ1n) is 5.95. The number of carbonyl (C=O) groups excluding carboxylic acids is 1. The van der Waals surface area contributed by atoms with Crippen molar-refractivity contribution < 1.29 is 9.53 Å². The maximum atomic E-state index is 11.3. The van der Waals surface area contributed by atoms with E-state index in [1.165, 1.54) is 12.7 Å². The van der Waals surface area contributed by atoms with E-state index < -0.39 is 0 Å². The Morgan fingerprint density at radius 3 is 2.53 bits per heavy atom. The molecule has 1 rings (SSSR count). The van der Waals surface area contributed by atoms with Crippen LogP contribution in [0.4, 0.5) is 0 Å². The van der Waals surface area contributed by atoms with Crippen molar-refractivity contribution >= 4 is 5.97 Å². The van der Waals surface area contributed by atoms with E-state index >= 15 is 0 Å². The standard InChI is InChI=1S/C14H21NO2/c1-10(2)11-5-4-6-12(7-11)13(9-15)8-14(16)17-3/h4-7,10,13H,8-9,15H2,1-3H3. The summed E-state index contributed by atoms with van der Waals surface area (Å²) in [6.45, 7) is 4.75. The first-order valence-corrected chi connectivity index (χ1v) is 5.95. The lowest BCUT2D eigenvalue weighted by Crippen LogP contribution is -2.17. The molecule has 0 spiro atoms. The Morgan fingerprint density at radius 1 is 1.35 bits per heavy atom. The van der Waals surface area contributed by atoms with Crippen molar-refractivity contribution in [2.75, 3.05) is 13.7 Å². The topological polar surface area (TPSA) is 52.3 Å². The number of ether oxygens (including phenoxy) is 1. The molecule has 2 N–H and O–H groups in total. The number of carbonyl (C=O) groups is 1. The maximum Gasteiger partial charge on any atom is 0.306 e. The number of rotatable bonds is 5. The highest BCUT2D eigenvalue weighted by molar-refractivity contribution is 5.70. The van der Waals surface area contributed by atoms with E-state index in [9.17, 15) is 4.79 Å². The second kappa shape index (κ2) is 6.40. The largest absolute Gasteiger partial charge is 0.469 e. The Balaban J connectivity index is 2.88. The van der Waals surface area contributed by atoms with Crippen molar-refractivity contribution in [1.82, 2.24) is 0 Å². The number of benzene rings is 1. The van der Waals surface area contributed by atoms with Crippen LogP contribution < -0.4 is 5.73 Å². The highest BCUT2D eigenvalue weighted by atomic mass is 16.5. The van der Waals surface area contributed by atoms with Gasteiger partial charge in [-0.2, -0.15) is 0 Å². The van der Waals surface area contributed by atoms with Gasteiger partial charge in [0.05, 0.1) is 13.5 Å². The number of esters is 1. The van der Waals surface area contributed by atoms with Gasteiger partial charge in [0.1, 0.15) is 0 Å². The predicted octanol–water partition coefficient (Wildman–Crippen LogP) is 2.42. The summed E-state index contributed by atoms with van der Waals surface area (Å²) >= 11 is 0. The number of hydrogen-bond acceptors (Lipinski definition) is 3. The van der Waals surface area contributed by atoms with E-state index in [1.807, 2.05) is 12.1 Å². The highest BCUT2D eigenvalue weighted by Crippen LogP contribution is 2.23. The van der Waals surface area contributed by atoms with Crippen LogP contribution in [0.1, 0.15) is 43.2 Å². The average Bonchev–Trinajstić information content (AvgIpc) is 2.35. The molecular formula is C14H21NO2. The zero-order chi connectivity index (χ0) is 12.8. The van der Waals surface area contributed by atoms with Crippen molar-refractivity contribution in [3.63, 3.8) is 0 Å². The lowest BCUT2D eigenvalue weighted by molar-refractivity contribution is -0.141. The summed E-state index contributed by atoms with van der Waals surface area (Å²) in [6, 6.07) is 8.27. The minimum Gasteiger partial charge on any atom is -0.469 e. The smallest absolute Gasteiger partial charge is 0.306 e. The lowest BCUT2D eigenvalue weighted by Gasteiger charge is -2.16. The third-order valence-corrected chi connectivity index (χ3v) is 2.97. The first-order chi connectivity index (χ1) is 8.08. The van der Waals surface area contributed by atoms with Crippen LogP contribution in [0, 0.1) is 0 Å². The number of hydrogen-bond donors (Lipinski definition) is 1. The fourth-order valence-corrected chi connectivity index (χ4v) is 1.79. The minimum atomic E-state index is -0.213. The van der Waals surface area contributed by atoms with Crippen LogP contribution in [0.5, 0.6) is 0 Å². The van der Waals surface area contributed by atoms with Crippen LogP contribution in [-0.2, 0) is 9.53 Å². The van der Waals surface area contributed by atoms with Gasteiger partial charge in [-0.15, -0.1) is 0 Å². The Kier molecular flexibility index (Phi) is 5.16. The van der Waals surface area contributed by atoms with Gasteiger partial charge < -0.3 is 10.5 Å². The molecule has 1 aromatic rings. The molecular weight excluding hydrogens is 214 g/mol. The Hall–Kier alpha value is -1.35. The molecule has 0 aliphatic heterocycles. The van der Waals surface area contributed by atoms with E-state index in [2.05, 4.69) is 30.7 Å². The molecule has 94 valence electrons. The third-order valence-electron chi connectivity index (χ3n) is 2.97. The Bertz CT molecular complexity index is 374. The predicted molar refractivity (Wildman–Crippen MR) is 69.0 cm³/mol. The van der Waals surface area contributed by atoms with Gasteiger partial charge in [0, 0.05) is 5.92 Å².